The molecule has 5 nitrogen and oxygen atoms in total. The Hall–Kier alpha value is -1.53. The number of rotatable bonds is 5. The van der Waals surface area contributed by atoms with Crippen LogP contribution in [-0.4, -0.2) is 42.5 Å². The number of thioether (sulfide) groups is 1. The van der Waals surface area contributed by atoms with Crippen molar-refractivity contribution in [3.63, 3.8) is 0 Å². The molecule has 0 spiro atoms. The molecule has 1 saturated heterocycles. The predicted molar refractivity (Wildman–Crippen MR) is 76.9 cm³/mol. The largest absolute Gasteiger partial charge is 0.481 e. The third-order valence-corrected chi connectivity index (χ3v) is 3.84. The molecule has 108 valence electrons. The van der Waals surface area contributed by atoms with Crippen molar-refractivity contribution in [1.29, 1.82) is 0 Å². The summed E-state index contributed by atoms with van der Waals surface area (Å²) in [5.74, 6) is -1.03. The summed E-state index contributed by atoms with van der Waals surface area (Å²) in [5, 5.41) is 11.8. The fraction of sp³-hybridized carbons (Fsp3) is 0.429. The van der Waals surface area contributed by atoms with Crippen LogP contribution in [-0.2, 0) is 15.3 Å². The molecule has 1 amide bonds. The zero-order valence-corrected chi connectivity index (χ0v) is 12.0. The Morgan fingerprint density at radius 3 is 2.95 bits per heavy atom. The molecule has 0 bridgehead atoms. The van der Waals surface area contributed by atoms with Gasteiger partial charge in [-0.3, -0.25) is 9.59 Å². The van der Waals surface area contributed by atoms with E-state index in [0.717, 1.165) is 11.3 Å². The van der Waals surface area contributed by atoms with E-state index in [-0.39, 0.29) is 19.1 Å². The topological polar surface area (TPSA) is 75.6 Å². The Labute approximate surface area is 121 Å². The second-order valence-electron chi connectivity index (χ2n) is 4.70. The van der Waals surface area contributed by atoms with E-state index >= 15 is 0 Å². The van der Waals surface area contributed by atoms with E-state index in [1.165, 1.54) is 0 Å². The zero-order valence-electron chi connectivity index (χ0n) is 11.2. The molecule has 1 fully saturated rings. The fourth-order valence-electron chi connectivity index (χ4n) is 2.16. The standard InChI is InChI=1S/C14H17NO4S/c1-20-8-9-3-2-4-10(5-9)13(16)15-12-7-19-6-11(12)14(17)18/h2-5,11-12H,6-8H2,1H3,(H,15,16)(H,17,18). The summed E-state index contributed by atoms with van der Waals surface area (Å²) in [6.07, 6.45) is 2.00. The predicted octanol–water partition coefficient (Wildman–Crippen LogP) is 1.38. The Kier molecular flexibility index (Phi) is 5.03. The normalized spacial score (nSPS) is 21.6. The maximum absolute atomic E-state index is 12.2. The Balaban J connectivity index is 2.04. The molecule has 0 aromatic heterocycles. The second kappa shape index (κ2) is 6.76. The van der Waals surface area contributed by atoms with Crippen molar-refractivity contribution in [3.8, 4) is 0 Å². The highest BCUT2D eigenvalue weighted by Gasteiger charge is 2.35. The van der Waals surface area contributed by atoms with Gasteiger partial charge < -0.3 is 15.2 Å². The number of amides is 1. The number of ether oxygens (including phenoxy) is 1. The van der Waals surface area contributed by atoms with Crippen LogP contribution >= 0.6 is 11.8 Å². The number of carboxylic acid groups (broad SMARTS) is 1. The molecule has 20 heavy (non-hydrogen) atoms. The van der Waals surface area contributed by atoms with Crippen molar-refractivity contribution in [2.24, 2.45) is 5.92 Å². The van der Waals surface area contributed by atoms with E-state index in [4.69, 9.17) is 9.84 Å². The third-order valence-electron chi connectivity index (χ3n) is 3.21. The molecule has 2 atom stereocenters. The van der Waals surface area contributed by atoms with Gasteiger partial charge >= 0.3 is 5.97 Å². The zero-order chi connectivity index (χ0) is 14.5. The minimum atomic E-state index is -0.941. The van der Waals surface area contributed by atoms with E-state index in [1.54, 1.807) is 17.8 Å². The molecular formula is C14H17NO4S. The van der Waals surface area contributed by atoms with E-state index < -0.39 is 17.9 Å². The van der Waals surface area contributed by atoms with Crippen LogP contribution in [0.3, 0.4) is 0 Å². The first-order valence-electron chi connectivity index (χ1n) is 6.31. The number of carbonyl (C=O) groups is 2. The molecular weight excluding hydrogens is 278 g/mol. The summed E-state index contributed by atoms with van der Waals surface area (Å²) < 4.78 is 5.13. The maximum atomic E-state index is 12.2. The number of hydrogen-bond donors (Lipinski definition) is 2. The minimum Gasteiger partial charge on any atom is -0.481 e. The molecule has 0 saturated carbocycles. The van der Waals surface area contributed by atoms with Crippen LogP contribution in [0.4, 0.5) is 0 Å². The van der Waals surface area contributed by atoms with Gasteiger partial charge in [-0.1, -0.05) is 12.1 Å². The summed E-state index contributed by atoms with van der Waals surface area (Å²) in [6.45, 7) is 0.389. The summed E-state index contributed by atoms with van der Waals surface area (Å²) in [4.78, 5) is 23.2. The fourth-order valence-corrected chi connectivity index (χ4v) is 2.67. The van der Waals surface area contributed by atoms with Crippen LogP contribution in [0.25, 0.3) is 0 Å². The van der Waals surface area contributed by atoms with Crippen molar-refractivity contribution in [2.75, 3.05) is 19.5 Å². The van der Waals surface area contributed by atoms with Gasteiger partial charge in [0.05, 0.1) is 19.3 Å². The van der Waals surface area contributed by atoms with Gasteiger partial charge in [-0.15, -0.1) is 0 Å². The van der Waals surface area contributed by atoms with Gasteiger partial charge in [0.1, 0.15) is 5.92 Å². The van der Waals surface area contributed by atoms with Gasteiger partial charge in [0.15, 0.2) is 0 Å². The molecule has 1 aliphatic rings. The van der Waals surface area contributed by atoms with Crippen molar-refractivity contribution in [1.82, 2.24) is 5.32 Å². The van der Waals surface area contributed by atoms with Crippen LogP contribution in [0.1, 0.15) is 15.9 Å². The quantitative estimate of drug-likeness (QED) is 0.858. The molecule has 0 aliphatic carbocycles. The first-order valence-corrected chi connectivity index (χ1v) is 7.70. The SMILES string of the molecule is CSCc1cccc(C(=O)NC2COCC2C(=O)O)c1. The molecule has 6 heteroatoms. The second-order valence-corrected chi connectivity index (χ2v) is 5.56. The van der Waals surface area contributed by atoms with Crippen molar-refractivity contribution in [3.05, 3.63) is 35.4 Å². The molecule has 2 unspecified atom stereocenters. The van der Waals surface area contributed by atoms with Gasteiger partial charge in [-0.2, -0.15) is 11.8 Å². The lowest BCUT2D eigenvalue weighted by molar-refractivity contribution is -0.142. The van der Waals surface area contributed by atoms with Crippen LogP contribution < -0.4 is 5.32 Å². The van der Waals surface area contributed by atoms with Crippen molar-refractivity contribution >= 4 is 23.6 Å². The lowest BCUT2D eigenvalue weighted by atomic mass is 10.0. The highest BCUT2D eigenvalue weighted by Crippen LogP contribution is 2.16. The monoisotopic (exact) mass is 295 g/mol. The molecule has 2 N–H and O–H groups in total. The molecule has 2 rings (SSSR count). The number of benzene rings is 1. The average Bonchev–Trinajstić information content (AvgIpc) is 2.88. The first-order chi connectivity index (χ1) is 9.61. The number of carboxylic acids is 1. The lowest BCUT2D eigenvalue weighted by Crippen LogP contribution is -2.42. The third kappa shape index (κ3) is 3.52. The van der Waals surface area contributed by atoms with Gasteiger partial charge in [-0.05, 0) is 24.0 Å². The minimum absolute atomic E-state index is 0.146. The van der Waals surface area contributed by atoms with E-state index in [0.29, 0.717) is 5.56 Å². The maximum Gasteiger partial charge on any atom is 0.311 e. The molecule has 1 aliphatic heterocycles. The van der Waals surface area contributed by atoms with Gasteiger partial charge in [-0.25, -0.2) is 0 Å². The average molecular weight is 295 g/mol. The van der Waals surface area contributed by atoms with Crippen LogP contribution in [0.15, 0.2) is 24.3 Å². The number of carbonyl (C=O) groups excluding carboxylic acids is 1. The summed E-state index contributed by atoms with van der Waals surface area (Å²) in [6, 6.07) is 6.89. The van der Waals surface area contributed by atoms with Crippen molar-refractivity contribution in [2.45, 2.75) is 11.8 Å². The first kappa shape index (κ1) is 14.9. The van der Waals surface area contributed by atoms with Gasteiger partial charge in [0, 0.05) is 11.3 Å². The molecule has 1 aromatic rings. The Morgan fingerprint density at radius 1 is 1.45 bits per heavy atom. The number of aliphatic carboxylic acids is 1. The van der Waals surface area contributed by atoms with Crippen LogP contribution in [0, 0.1) is 5.92 Å². The summed E-state index contributed by atoms with van der Waals surface area (Å²) >= 11 is 1.68. The van der Waals surface area contributed by atoms with E-state index in [2.05, 4.69) is 5.32 Å². The van der Waals surface area contributed by atoms with Gasteiger partial charge in [0.2, 0.25) is 0 Å². The van der Waals surface area contributed by atoms with Crippen LogP contribution in [0.5, 0.6) is 0 Å². The summed E-state index contributed by atoms with van der Waals surface area (Å²) in [5.41, 5.74) is 1.62. The molecule has 0 radical (unpaired) electrons. The Bertz CT molecular complexity index is 506. The number of nitrogens with one attached hydrogen (secondary N) is 1. The Morgan fingerprint density at radius 2 is 2.25 bits per heavy atom. The van der Waals surface area contributed by atoms with Crippen molar-refractivity contribution < 1.29 is 19.4 Å². The van der Waals surface area contributed by atoms with E-state index in [9.17, 15) is 9.59 Å². The van der Waals surface area contributed by atoms with E-state index in [1.807, 2.05) is 24.5 Å². The number of hydrogen-bond acceptors (Lipinski definition) is 4. The lowest BCUT2D eigenvalue weighted by Gasteiger charge is -2.15. The van der Waals surface area contributed by atoms with Gasteiger partial charge in [0.25, 0.3) is 5.91 Å². The molecule has 1 aromatic carbocycles. The summed E-state index contributed by atoms with van der Waals surface area (Å²) in [7, 11) is 0. The molecule has 1 heterocycles. The highest BCUT2D eigenvalue weighted by molar-refractivity contribution is 7.97. The highest BCUT2D eigenvalue weighted by atomic mass is 32.2. The smallest absolute Gasteiger partial charge is 0.311 e. The van der Waals surface area contributed by atoms with Crippen LogP contribution in [0.2, 0.25) is 0 Å².